The Labute approximate surface area is 125 Å². The van der Waals surface area contributed by atoms with Crippen molar-refractivity contribution >= 4 is 11.6 Å². The Kier molecular flexibility index (Phi) is 4.32. The maximum Gasteiger partial charge on any atom is 0.573 e. The Bertz CT molecular complexity index is 584. The molecule has 8 heteroatoms. The molecule has 1 aromatic rings. The molecule has 1 amide bonds. The van der Waals surface area contributed by atoms with Crippen molar-refractivity contribution in [1.82, 2.24) is 10.4 Å². The van der Waals surface area contributed by atoms with E-state index in [-0.39, 0.29) is 17.7 Å². The van der Waals surface area contributed by atoms with E-state index in [1.165, 1.54) is 36.1 Å². The minimum atomic E-state index is -4.74. The zero-order chi connectivity index (χ0) is 16.5. The molecule has 0 fully saturated rings. The minimum absolute atomic E-state index is 0.0506. The van der Waals surface area contributed by atoms with Gasteiger partial charge in [0, 0.05) is 20.0 Å². The maximum absolute atomic E-state index is 12.2. The molecule has 1 heterocycles. The molecule has 5 nitrogen and oxygen atoms in total. The number of amides is 1. The van der Waals surface area contributed by atoms with Crippen molar-refractivity contribution in [3.05, 3.63) is 36.2 Å². The van der Waals surface area contributed by atoms with Gasteiger partial charge >= 0.3 is 6.36 Å². The number of carbonyl (C=O) groups is 1. The van der Waals surface area contributed by atoms with Crippen LogP contribution in [0.2, 0.25) is 0 Å². The third-order valence-electron chi connectivity index (χ3n) is 3.01. The van der Waals surface area contributed by atoms with E-state index < -0.39 is 6.36 Å². The number of nitrogens with one attached hydrogen (secondary N) is 1. The lowest BCUT2D eigenvalue weighted by Gasteiger charge is -2.28. The van der Waals surface area contributed by atoms with E-state index in [2.05, 4.69) is 10.2 Å². The van der Waals surface area contributed by atoms with Crippen LogP contribution in [0.3, 0.4) is 0 Å². The monoisotopic (exact) mass is 315 g/mol. The number of halogens is 3. The first-order chi connectivity index (χ1) is 10.2. The number of benzene rings is 1. The second-order valence-corrected chi connectivity index (χ2v) is 4.90. The quantitative estimate of drug-likeness (QED) is 0.931. The lowest BCUT2D eigenvalue weighted by Crippen LogP contribution is -2.39. The van der Waals surface area contributed by atoms with E-state index in [4.69, 9.17) is 0 Å². The summed E-state index contributed by atoms with van der Waals surface area (Å²) in [6.45, 7) is 3.31. The second-order valence-electron chi connectivity index (χ2n) is 4.90. The first-order valence-corrected chi connectivity index (χ1v) is 6.55. The predicted molar refractivity (Wildman–Crippen MR) is 74.7 cm³/mol. The standard InChI is InChI=1S/C14H16F3N3O2/c1-9-8-13(19(3)18-9)20(10(2)21)11-4-6-12(7-5-11)22-14(15,16)17/h4-9,18H,1-3H3. The summed E-state index contributed by atoms with van der Waals surface area (Å²) in [5.41, 5.74) is 3.54. The molecular weight excluding hydrogens is 299 g/mol. The molecule has 0 aromatic heterocycles. The summed E-state index contributed by atoms with van der Waals surface area (Å²) in [4.78, 5) is 13.3. The van der Waals surface area contributed by atoms with Crippen molar-refractivity contribution < 1.29 is 22.7 Å². The highest BCUT2D eigenvalue weighted by Gasteiger charge is 2.31. The van der Waals surface area contributed by atoms with Gasteiger partial charge < -0.3 is 4.74 Å². The number of carbonyl (C=O) groups excluding carboxylic acids is 1. The highest BCUT2D eigenvalue weighted by molar-refractivity contribution is 5.94. The minimum Gasteiger partial charge on any atom is -0.406 e. The van der Waals surface area contributed by atoms with Gasteiger partial charge in [-0.05, 0) is 37.3 Å². The van der Waals surface area contributed by atoms with Gasteiger partial charge in [0.25, 0.3) is 0 Å². The number of hydrazine groups is 1. The van der Waals surface area contributed by atoms with Crippen LogP contribution in [0.1, 0.15) is 13.8 Å². The molecule has 2 rings (SSSR count). The van der Waals surface area contributed by atoms with Crippen molar-refractivity contribution in [1.29, 1.82) is 0 Å². The van der Waals surface area contributed by atoms with Crippen LogP contribution in [-0.2, 0) is 4.79 Å². The summed E-state index contributed by atoms with van der Waals surface area (Å²) in [5, 5.41) is 1.69. The van der Waals surface area contributed by atoms with Crippen LogP contribution in [0.25, 0.3) is 0 Å². The summed E-state index contributed by atoms with van der Waals surface area (Å²) in [6, 6.07) is 5.20. The fourth-order valence-electron chi connectivity index (χ4n) is 2.24. The fourth-order valence-corrected chi connectivity index (χ4v) is 2.24. The van der Waals surface area contributed by atoms with Crippen molar-refractivity contribution in [2.45, 2.75) is 26.3 Å². The Morgan fingerprint density at radius 3 is 2.32 bits per heavy atom. The number of alkyl halides is 3. The number of hydrogen-bond acceptors (Lipinski definition) is 4. The third-order valence-corrected chi connectivity index (χ3v) is 3.01. The van der Waals surface area contributed by atoms with Gasteiger partial charge in [0.05, 0.1) is 5.69 Å². The van der Waals surface area contributed by atoms with Crippen LogP contribution < -0.4 is 15.1 Å². The van der Waals surface area contributed by atoms with E-state index in [0.29, 0.717) is 11.5 Å². The van der Waals surface area contributed by atoms with Crippen molar-refractivity contribution in [3.8, 4) is 5.75 Å². The van der Waals surface area contributed by atoms with Crippen molar-refractivity contribution in [3.63, 3.8) is 0 Å². The number of hydrogen-bond donors (Lipinski definition) is 1. The summed E-state index contributed by atoms with van der Waals surface area (Å²) < 4.78 is 40.3. The van der Waals surface area contributed by atoms with E-state index in [1.54, 1.807) is 12.1 Å². The summed E-state index contributed by atoms with van der Waals surface area (Å²) in [5.74, 6) is 0.0305. The van der Waals surface area contributed by atoms with Crippen molar-refractivity contribution in [2.24, 2.45) is 0 Å². The SMILES string of the molecule is CC(=O)N(C1=CC(C)NN1C)c1ccc(OC(F)(F)F)cc1. The molecule has 0 saturated carbocycles. The van der Waals surface area contributed by atoms with Gasteiger partial charge in [-0.15, -0.1) is 13.2 Å². The number of ether oxygens (including phenoxy) is 1. The number of nitrogens with zero attached hydrogens (tertiary/aromatic N) is 2. The van der Waals surface area contributed by atoms with Crippen LogP contribution in [0.4, 0.5) is 18.9 Å². The molecule has 0 radical (unpaired) electrons. The maximum atomic E-state index is 12.2. The van der Waals surface area contributed by atoms with Crippen LogP contribution in [0.15, 0.2) is 36.2 Å². The van der Waals surface area contributed by atoms with E-state index in [1.807, 2.05) is 13.0 Å². The lowest BCUT2D eigenvalue weighted by atomic mass is 10.2. The molecule has 120 valence electrons. The highest BCUT2D eigenvalue weighted by Crippen LogP contribution is 2.28. The van der Waals surface area contributed by atoms with E-state index >= 15 is 0 Å². The molecule has 1 aromatic carbocycles. The Morgan fingerprint density at radius 2 is 1.91 bits per heavy atom. The molecule has 1 aliphatic rings. The molecule has 0 bridgehead atoms. The van der Waals surface area contributed by atoms with Crippen LogP contribution >= 0.6 is 0 Å². The van der Waals surface area contributed by atoms with Gasteiger partial charge in [-0.3, -0.25) is 14.7 Å². The molecule has 0 spiro atoms. The first kappa shape index (κ1) is 16.2. The van der Waals surface area contributed by atoms with Gasteiger partial charge in [0.15, 0.2) is 0 Å². The Hall–Kier alpha value is -2.22. The second kappa shape index (κ2) is 5.88. The van der Waals surface area contributed by atoms with Crippen LogP contribution in [0, 0.1) is 0 Å². The van der Waals surface area contributed by atoms with E-state index in [0.717, 1.165) is 0 Å². The highest BCUT2D eigenvalue weighted by atomic mass is 19.4. The molecule has 0 aliphatic carbocycles. The molecule has 0 saturated heterocycles. The summed E-state index contributed by atoms with van der Waals surface area (Å²) in [6.07, 6.45) is -2.89. The van der Waals surface area contributed by atoms with Gasteiger partial charge in [0.2, 0.25) is 5.91 Å². The topological polar surface area (TPSA) is 44.8 Å². The largest absolute Gasteiger partial charge is 0.573 e. The predicted octanol–water partition coefficient (Wildman–Crippen LogP) is 2.62. The molecule has 1 N–H and O–H groups in total. The van der Waals surface area contributed by atoms with Gasteiger partial charge in [0.1, 0.15) is 11.6 Å². The summed E-state index contributed by atoms with van der Waals surface area (Å²) in [7, 11) is 1.76. The van der Waals surface area contributed by atoms with Gasteiger partial charge in [-0.25, -0.2) is 5.43 Å². The van der Waals surface area contributed by atoms with Gasteiger partial charge in [-0.2, -0.15) is 0 Å². The first-order valence-electron chi connectivity index (χ1n) is 6.55. The smallest absolute Gasteiger partial charge is 0.406 e. The van der Waals surface area contributed by atoms with Crippen LogP contribution in [0.5, 0.6) is 5.75 Å². The molecule has 1 atom stereocenters. The number of anilines is 1. The van der Waals surface area contributed by atoms with Crippen molar-refractivity contribution in [2.75, 3.05) is 11.9 Å². The lowest BCUT2D eigenvalue weighted by molar-refractivity contribution is -0.274. The zero-order valence-electron chi connectivity index (χ0n) is 12.3. The zero-order valence-corrected chi connectivity index (χ0v) is 12.3. The Morgan fingerprint density at radius 1 is 1.32 bits per heavy atom. The summed E-state index contributed by atoms with van der Waals surface area (Å²) >= 11 is 0. The molecule has 1 aliphatic heterocycles. The number of rotatable bonds is 3. The third kappa shape index (κ3) is 3.70. The average Bonchev–Trinajstić information content (AvgIpc) is 2.69. The Balaban J connectivity index is 2.27. The van der Waals surface area contributed by atoms with Gasteiger partial charge in [-0.1, -0.05) is 0 Å². The molecular formula is C14H16F3N3O2. The van der Waals surface area contributed by atoms with E-state index in [9.17, 15) is 18.0 Å². The molecule has 1 unspecified atom stereocenters. The molecule has 22 heavy (non-hydrogen) atoms. The fraction of sp³-hybridized carbons (Fsp3) is 0.357. The average molecular weight is 315 g/mol. The normalized spacial score (nSPS) is 18.2. The van der Waals surface area contributed by atoms with Crippen LogP contribution in [-0.4, -0.2) is 30.4 Å².